The van der Waals surface area contributed by atoms with E-state index in [0.29, 0.717) is 0 Å². The van der Waals surface area contributed by atoms with Gasteiger partial charge in [0.25, 0.3) is 0 Å². The zero-order valence-electron chi connectivity index (χ0n) is 5.06. The third-order valence-electron chi connectivity index (χ3n) is 0.688. The van der Waals surface area contributed by atoms with Gasteiger partial charge >= 0.3 is 11.8 Å². The predicted molar refractivity (Wildman–Crippen MR) is 33.7 cm³/mol. The van der Waals surface area contributed by atoms with Crippen LogP contribution in [-0.4, -0.2) is 29.4 Å². The minimum Gasteiger partial charge on any atom is -0.347 e. The molecular formula is C4H7ClN2O3. The Bertz CT molecular complexity index is 138. The van der Waals surface area contributed by atoms with E-state index in [0.717, 1.165) is 0 Å². The van der Waals surface area contributed by atoms with Gasteiger partial charge in [0.05, 0.1) is 0 Å². The second-order valence-electron chi connectivity index (χ2n) is 1.39. The highest BCUT2D eigenvalue weighted by atomic mass is 35.5. The molecule has 0 aromatic heterocycles. The van der Waals surface area contributed by atoms with Crippen LogP contribution in [0.15, 0.2) is 0 Å². The van der Waals surface area contributed by atoms with Crippen molar-refractivity contribution < 1.29 is 14.8 Å². The summed E-state index contributed by atoms with van der Waals surface area (Å²) in [6.45, 7) is 0.202. The predicted octanol–water partition coefficient (Wildman–Crippen LogP) is -1.15. The first-order valence-electron chi connectivity index (χ1n) is 2.50. The van der Waals surface area contributed by atoms with E-state index in [-0.39, 0.29) is 12.4 Å². The van der Waals surface area contributed by atoms with E-state index < -0.39 is 11.8 Å². The van der Waals surface area contributed by atoms with Crippen LogP contribution >= 0.6 is 11.6 Å². The minimum atomic E-state index is -1.09. The van der Waals surface area contributed by atoms with Crippen molar-refractivity contribution in [1.29, 1.82) is 0 Å². The van der Waals surface area contributed by atoms with E-state index in [1.54, 1.807) is 0 Å². The lowest BCUT2D eigenvalue weighted by atomic mass is 10.5. The Morgan fingerprint density at radius 1 is 1.40 bits per heavy atom. The first kappa shape index (κ1) is 9.19. The fourth-order valence-electron chi connectivity index (χ4n) is 0.292. The molecule has 0 heterocycles. The molecule has 0 aromatic rings. The zero-order valence-corrected chi connectivity index (χ0v) is 5.81. The maximum Gasteiger partial charge on any atom is 0.332 e. The number of rotatable bonds is 2. The summed E-state index contributed by atoms with van der Waals surface area (Å²) in [7, 11) is 0. The monoisotopic (exact) mass is 166 g/mol. The summed E-state index contributed by atoms with van der Waals surface area (Å²) in [5.41, 5.74) is 1.18. The summed E-state index contributed by atoms with van der Waals surface area (Å²) in [6, 6.07) is 0. The van der Waals surface area contributed by atoms with Gasteiger partial charge in [-0.05, 0) is 0 Å². The number of amides is 2. The number of nitrogens with one attached hydrogen (secondary N) is 2. The molecule has 0 spiro atoms. The van der Waals surface area contributed by atoms with E-state index in [1.807, 2.05) is 0 Å². The van der Waals surface area contributed by atoms with Crippen LogP contribution in [0, 0.1) is 0 Å². The fourth-order valence-corrected chi connectivity index (χ4v) is 0.386. The number of carbonyl (C=O) groups excluding carboxylic acids is 2. The van der Waals surface area contributed by atoms with E-state index in [1.165, 1.54) is 5.48 Å². The van der Waals surface area contributed by atoms with Gasteiger partial charge in [0, 0.05) is 12.4 Å². The van der Waals surface area contributed by atoms with Gasteiger partial charge in [-0.2, -0.15) is 0 Å². The highest BCUT2D eigenvalue weighted by Crippen LogP contribution is 1.70. The summed E-state index contributed by atoms with van der Waals surface area (Å²) in [6.07, 6.45) is 0. The van der Waals surface area contributed by atoms with Crippen LogP contribution in [0.25, 0.3) is 0 Å². The van der Waals surface area contributed by atoms with Crippen LogP contribution in [0.4, 0.5) is 0 Å². The number of halogens is 1. The summed E-state index contributed by atoms with van der Waals surface area (Å²) < 4.78 is 0. The Kier molecular flexibility index (Phi) is 4.61. The number of hydroxylamine groups is 1. The van der Waals surface area contributed by atoms with Gasteiger partial charge in [-0.15, -0.1) is 11.6 Å². The van der Waals surface area contributed by atoms with Crippen LogP contribution < -0.4 is 10.8 Å². The van der Waals surface area contributed by atoms with Crippen LogP contribution in [0.1, 0.15) is 0 Å². The molecule has 5 nitrogen and oxygen atoms in total. The van der Waals surface area contributed by atoms with Crippen molar-refractivity contribution in [2.45, 2.75) is 0 Å². The Balaban J connectivity index is 3.52. The molecule has 0 aliphatic rings. The third kappa shape index (κ3) is 3.26. The molecule has 0 fully saturated rings. The highest BCUT2D eigenvalue weighted by Gasteiger charge is 2.09. The first-order valence-corrected chi connectivity index (χ1v) is 3.04. The van der Waals surface area contributed by atoms with Gasteiger partial charge in [-0.25, -0.2) is 5.48 Å². The maximum atomic E-state index is 10.4. The molecule has 0 aliphatic carbocycles. The highest BCUT2D eigenvalue weighted by molar-refractivity contribution is 6.34. The van der Waals surface area contributed by atoms with Gasteiger partial charge in [-0.1, -0.05) is 0 Å². The molecule has 0 aliphatic heterocycles. The molecule has 0 saturated heterocycles. The van der Waals surface area contributed by atoms with Crippen molar-refractivity contribution in [3.8, 4) is 0 Å². The Labute approximate surface area is 62.3 Å². The molecule has 0 aromatic carbocycles. The van der Waals surface area contributed by atoms with Gasteiger partial charge in [-0.3, -0.25) is 14.8 Å². The van der Waals surface area contributed by atoms with Crippen LogP contribution in [0.2, 0.25) is 0 Å². The lowest BCUT2D eigenvalue weighted by Gasteiger charge is -1.98. The average molecular weight is 167 g/mol. The van der Waals surface area contributed by atoms with E-state index >= 15 is 0 Å². The number of carbonyl (C=O) groups is 2. The molecule has 3 N–H and O–H groups in total. The minimum absolute atomic E-state index is 0.202. The molecule has 0 bridgehead atoms. The van der Waals surface area contributed by atoms with E-state index in [4.69, 9.17) is 16.8 Å². The first-order chi connectivity index (χ1) is 4.72. The maximum absolute atomic E-state index is 10.4. The van der Waals surface area contributed by atoms with Crippen molar-refractivity contribution in [2.75, 3.05) is 12.4 Å². The molecule has 0 rings (SSSR count). The fraction of sp³-hybridized carbons (Fsp3) is 0.500. The van der Waals surface area contributed by atoms with Gasteiger partial charge in [0.15, 0.2) is 0 Å². The van der Waals surface area contributed by atoms with Crippen molar-refractivity contribution in [2.24, 2.45) is 0 Å². The molecular weight excluding hydrogens is 160 g/mol. The summed E-state index contributed by atoms with van der Waals surface area (Å²) in [4.78, 5) is 20.6. The normalized spacial score (nSPS) is 8.60. The lowest BCUT2D eigenvalue weighted by molar-refractivity contribution is -0.144. The second kappa shape index (κ2) is 5.01. The van der Waals surface area contributed by atoms with Gasteiger partial charge in [0.1, 0.15) is 0 Å². The van der Waals surface area contributed by atoms with E-state index in [9.17, 15) is 9.59 Å². The van der Waals surface area contributed by atoms with E-state index in [2.05, 4.69) is 5.32 Å². The Morgan fingerprint density at radius 3 is 2.40 bits per heavy atom. The average Bonchev–Trinajstić information content (AvgIpc) is 1.98. The van der Waals surface area contributed by atoms with Crippen molar-refractivity contribution in [1.82, 2.24) is 10.8 Å². The molecule has 0 saturated carbocycles. The molecule has 2 amide bonds. The molecule has 10 heavy (non-hydrogen) atoms. The number of hydrogen-bond donors (Lipinski definition) is 3. The second-order valence-corrected chi connectivity index (χ2v) is 1.76. The molecule has 0 unspecified atom stereocenters. The molecule has 0 atom stereocenters. The van der Waals surface area contributed by atoms with Gasteiger partial charge < -0.3 is 5.32 Å². The zero-order chi connectivity index (χ0) is 7.98. The summed E-state index contributed by atoms with van der Waals surface area (Å²) in [5.74, 6) is -1.77. The Morgan fingerprint density at radius 2 is 2.00 bits per heavy atom. The van der Waals surface area contributed by atoms with Gasteiger partial charge in [0.2, 0.25) is 0 Å². The molecule has 6 heteroatoms. The topological polar surface area (TPSA) is 78.4 Å². The summed E-state index contributed by atoms with van der Waals surface area (Å²) in [5, 5.41) is 10.1. The quantitative estimate of drug-likeness (QED) is 0.210. The van der Waals surface area contributed by atoms with Crippen LogP contribution in [0.3, 0.4) is 0 Å². The molecule has 0 radical (unpaired) electrons. The van der Waals surface area contributed by atoms with Crippen molar-refractivity contribution in [3.63, 3.8) is 0 Å². The largest absolute Gasteiger partial charge is 0.347 e. The Hall–Kier alpha value is -0.810. The van der Waals surface area contributed by atoms with Crippen molar-refractivity contribution in [3.05, 3.63) is 0 Å². The smallest absolute Gasteiger partial charge is 0.332 e. The standard InChI is InChI=1S/C4H7ClN2O3/c5-1-2-6-3(8)4(9)7-10/h10H,1-2H2,(H,6,8)(H,7,9). The number of hydrogen-bond acceptors (Lipinski definition) is 3. The van der Waals surface area contributed by atoms with Crippen molar-refractivity contribution >= 4 is 23.4 Å². The van der Waals surface area contributed by atoms with Crippen LogP contribution in [0.5, 0.6) is 0 Å². The molecule has 58 valence electrons. The van der Waals surface area contributed by atoms with Crippen LogP contribution in [-0.2, 0) is 9.59 Å². The summed E-state index contributed by atoms with van der Waals surface area (Å²) >= 11 is 5.18. The third-order valence-corrected chi connectivity index (χ3v) is 0.877. The SMILES string of the molecule is O=C(NO)C(=O)NCCCl. The number of alkyl halides is 1. The lowest BCUT2D eigenvalue weighted by Crippen LogP contribution is -2.39.